The van der Waals surface area contributed by atoms with Crippen molar-refractivity contribution in [2.45, 2.75) is 6.92 Å². The van der Waals surface area contributed by atoms with Gasteiger partial charge in [-0.05, 0) is 53.1 Å². The zero-order chi connectivity index (χ0) is 22.4. The summed E-state index contributed by atoms with van der Waals surface area (Å²) in [7, 11) is 2.81. The molecule has 31 heavy (non-hydrogen) atoms. The van der Waals surface area contributed by atoms with Gasteiger partial charge in [-0.1, -0.05) is 36.4 Å². The summed E-state index contributed by atoms with van der Waals surface area (Å²) in [6.45, 7) is 1.84. The molecule has 0 aromatic heterocycles. The van der Waals surface area contributed by atoms with Crippen LogP contribution in [0, 0.1) is 0 Å². The molecule has 0 spiro atoms. The molecule has 3 rings (SSSR count). The fourth-order valence-electron chi connectivity index (χ4n) is 3.15. The van der Waals surface area contributed by atoms with Gasteiger partial charge in [0.2, 0.25) is 5.91 Å². The van der Waals surface area contributed by atoms with E-state index >= 15 is 0 Å². The summed E-state index contributed by atoms with van der Waals surface area (Å²) in [6.07, 6.45) is 1.45. The Balaban J connectivity index is 1.88. The lowest BCUT2D eigenvalue weighted by Gasteiger charge is -2.11. The third-order valence-electron chi connectivity index (χ3n) is 4.74. The first kappa shape index (κ1) is 21.7. The monoisotopic (exact) mass is 417 g/mol. The molecule has 7 nitrogen and oxygen atoms in total. The first-order valence-electron chi connectivity index (χ1n) is 9.61. The van der Waals surface area contributed by atoms with Crippen molar-refractivity contribution in [1.82, 2.24) is 10.9 Å². The van der Waals surface area contributed by atoms with Gasteiger partial charge in [0.25, 0.3) is 5.91 Å². The Kier molecular flexibility index (Phi) is 6.79. The predicted octanol–water partition coefficient (Wildman–Crippen LogP) is 3.53. The number of carbonyl (C=O) groups is 3. The van der Waals surface area contributed by atoms with Gasteiger partial charge in [-0.25, -0.2) is 10.2 Å². The number of rotatable bonds is 6. The van der Waals surface area contributed by atoms with Crippen LogP contribution in [0.25, 0.3) is 16.3 Å². The Morgan fingerprint density at radius 3 is 2.32 bits per heavy atom. The largest absolute Gasteiger partial charge is 0.465 e. The third kappa shape index (κ3) is 5.15. The van der Waals surface area contributed by atoms with Gasteiger partial charge in [-0.3, -0.25) is 15.0 Å². The van der Waals surface area contributed by atoms with E-state index in [0.29, 0.717) is 0 Å². The van der Waals surface area contributed by atoms with Crippen LogP contribution in [0.1, 0.15) is 33.2 Å². The number of methoxy groups -OCH3 is 1. The Bertz CT molecular complexity index is 1180. The smallest absolute Gasteiger partial charge is 0.339 e. The molecule has 0 unspecified atom stereocenters. The molecule has 0 aliphatic rings. The second kappa shape index (κ2) is 9.69. The maximum absolute atomic E-state index is 12.7. The van der Waals surface area contributed by atoms with Crippen LogP contribution in [-0.2, 0) is 9.53 Å². The zero-order valence-corrected chi connectivity index (χ0v) is 17.5. The molecule has 2 amide bonds. The Hall–Kier alpha value is -3.97. The third-order valence-corrected chi connectivity index (χ3v) is 4.74. The van der Waals surface area contributed by atoms with Crippen LogP contribution in [0.3, 0.4) is 0 Å². The number of hydrazine groups is 1. The van der Waals surface area contributed by atoms with Crippen molar-refractivity contribution >= 4 is 39.8 Å². The van der Waals surface area contributed by atoms with Crippen LogP contribution >= 0.6 is 0 Å². The van der Waals surface area contributed by atoms with E-state index in [1.165, 1.54) is 31.4 Å². The van der Waals surface area contributed by atoms with Crippen LogP contribution in [0.15, 0.2) is 66.7 Å². The molecule has 3 N–H and O–H groups in total. The molecule has 0 aliphatic carbocycles. The highest BCUT2D eigenvalue weighted by Crippen LogP contribution is 2.22. The zero-order valence-electron chi connectivity index (χ0n) is 17.5. The quantitative estimate of drug-likeness (QED) is 0.324. The number of nitrogens with one attached hydrogen (secondary N) is 3. The molecule has 3 aromatic rings. The van der Waals surface area contributed by atoms with Crippen LogP contribution in [0.4, 0.5) is 5.69 Å². The minimum atomic E-state index is -0.619. The molecule has 3 aromatic carbocycles. The van der Waals surface area contributed by atoms with Crippen molar-refractivity contribution in [1.29, 1.82) is 0 Å². The highest BCUT2D eigenvalue weighted by molar-refractivity contribution is 6.09. The van der Waals surface area contributed by atoms with Crippen LogP contribution in [0.2, 0.25) is 0 Å². The average molecular weight is 417 g/mol. The van der Waals surface area contributed by atoms with Gasteiger partial charge in [-0.2, -0.15) is 0 Å². The maximum Gasteiger partial charge on any atom is 0.339 e. The van der Waals surface area contributed by atoms with E-state index < -0.39 is 17.8 Å². The molecule has 0 atom stereocenters. The number of amides is 2. The summed E-state index contributed by atoms with van der Waals surface area (Å²) in [5.74, 6) is -1.45. The molecule has 0 heterocycles. The molecular formula is C24H23N3O4. The number of hydrogen-bond acceptors (Lipinski definition) is 5. The second-order valence-corrected chi connectivity index (χ2v) is 6.83. The van der Waals surface area contributed by atoms with Gasteiger partial charge in [-0.15, -0.1) is 0 Å². The fourth-order valence-corrected chi connectivity index (χ4v) is 3.15. The van der Waals surface area contributed by atoms with Crippen molar-refractivity contribution in [3.8, 4) is 0 Å². The highest BCUT2D eigenvalue weighted by Gasteiger charge is 2.16. The average Bonchev–Trinajstić information content (AvgIpc) is 2.78. The summed E-state index contributed by atoms with van der Waals surface area (Å²) in [4.78, 5) is 36.9. The molecule has 158 valence electrons. The lowest BCUT2D eigenvalue weighted by Crippen LogP contribution is -2.34. The number of ether oxygens (including phenoxy) is 1. The number of carbonyl (C=O) groups excluding carboxylic acids is 3. The number of fused-ring (bicyclic) bond motifs is 1. The first-order chi connectivity index (χ1) is 14.9. The highest BCUT2D eigenvalue weighted by atomic mass is 16.5. The predicted molar refractivity (Wildman–Crippen MR) is 121 cm³/mol. The van der Waals surface area contributed by atoms with Gasteiger partial charge in [0.1, 0.15) is 0 Å². The van der Waals surface area contributed by atoms with Crippen molar-refractivity contribution in [2.24, 2.45) is 0 Å². The Morgan fingerprint density at radius 2 is 1.61 bits per heavy atom. The molecule has 0 radical (unpaired) electrons. The van der Waals surface area contributed by atoms with Gasteiger partial charge < -0.3 is 10.1 Å². The van der Waals surface area contributed by atoms with E-state index in [1.807, 2.05) is 49.4 Å². The molecule has 0 saturated heterocycles. The summed E-state index contributed by atoms with van der Waals surface area (Å²) >= 11 is 0. The maximum atomic E-state index is 12.7. The van der Waals surface area contributed by atoms with Gasteiger partial charge in [0, 0.05) is 18.7 Å². The lowest BCUT2D eigenvalue weighted by molar-refractivity contribution is -0.111. The number of allylic oxidation sites excluding steroid dienone is 1. The summed E-state index contributed by atoms with van der Waals surface area (Å²) in [6, 6.07) is 18.3. The number of anilines is 1. The first-order valence-corrected chi connectivity index (χ1v) is 9.61. The fraction of sp³-hybridized carbons (Fsp3) is 0.125. The van der Waals surface area contributed by atoms with E-state index in [4.69, 9.17) is 4.74 Å². The molecule has 0 bridgehead atoms. The van der Waals surface area contributed by atoms with E-state index in [9.17, 15) is 14.4 Å². The van der Waals surface area contributed by atoms with E-state index in [0.717, 1.165) is 21.9 Å². The summed E-state index contributed by atoms with van der Waals surface area (Å²) < 4.78 is 4.78. The Morgan fingerprint density at radius 1 is 0.903 bits per heavy atom. The molecule has 7 heteroatoms. The lowest BCUT2D eigenvalue weighted by atomic mass is 10.0. The SMILES string of the molecule is CNNC(=O)c1ccc(C(=O)OC)c(NC(=O)/C=C(/C)c2ccc3ccccc3c2)c1. The Labute approximate surface area is 180 Å². The number of esters is 1. The van der Waals surface area contributed by atoms with Crippen molar-refractivity contribution < 1.29 is 19.1 Å². The summed E-state index contributed by atoms with van der Waals surface area (Å²) in [5, 5.41) is 4.87. The second-order valence-electron chi connectivity index (χ2n) is 6.83. The van der Waals surface area contributed by atoms with Crippen molar-refractivity contribution in [3.05, 3.63) is 83.4 Å². The van der Waals surface area contributed by atoms with Crippen LogP contribution in [-0.4, -0.2) is 31.9 Å². The molecular weight excluding hydrogens is 394 g/mol. The molecule has 0 aliphatic heterocycles. The van der Waals surface area contributed by atoms with E-state index in [1.54, 1.807) is 7.05 Å². The normalized spacial score (nSPS) is 11.1. The van der Waals surface area contributed by atoms with Crippen LogP contribution < -0.4 is 16.2 Å². The number of hydrogen-bond donors (Lipinski definition) is 3. The van der Waals surface area contributed by atoms with E-state index in [2.05, 4.69) is 16.2 Å². The topological polar surface area (TPSA) is 96.5 Å². The molecule has 0 fully saturated rings. The number of benzene rings is 3. The standard InChI is InChI=1S/C24H23N3O4/c1-15(17-9-8-16-6-4-5-7-18(16)13-17)12-22(28)26-21-14-19(23(29)27-25-2)10-11-20(21)24(30)31-3/h4-14,25H,1-3H3,(H,26,28)(H,27,29)/b15-12-. The van der Waals surface area contributed by atoms with Gasteiger partial charge in [0.05, 0.1) is 18.4 Å². The summed E-state index contributed by atoms with van der Waals surface area (Å²) in [5.41, 5.74) is 7.25. The van der Waals surface area contributed by atoms with E-state index in [-0.39, 0.29) is 16.8 Å². The van der Waals surface area contributed by atoms with Gasteiger partial charge >= 0.3 is 5.97 Å². The minimum Gasteiger partial charge on any atom is -0.465 e. The minimum absolute atomic E-state index is 0.147. The van der Waals surface area contributed by atoms with Crippen molar-refractivity contribution in [3.63, 3.8) is 0 Å². The van der Waals surface area contributed by atoms with Gasteiger partial charge in [0.15, 0.2) is 0 Å². The van der Waals surface area contributed by atoms with Crippen LogP contribution in [0.5, 0.6) is 0 Å². The van der Waals surface area contributed by atoms with Crippen molar-refractivity contribution in [2.75, 3.05) is 19.5 Å². The molecule has 0 saturated carbocycles.